The molecule has 0 fully saturated rings. The lowest BCUT2D eigenvalue weighted by molar-refractivity contribution is 0.0974. The Morgan fingerprint density at radius 2 is 0.615 bits per heavy atom. The van der Waals surface area contributed by atoms with Gasteiger partial charge >= 0.3 is 0 Å². The number of rotatable bonds is 14. The van der Waals surface area contributed by atoms with Gasteiger partial charge in [0.15, 0.2) is 11.6 Å². The molecule has 0 N–H and O–H groups in total. The third-order valence-corrected chi connectivity index (χ3v) is 15.0. The second-order valence-electron chi connectivity index (χ2n) is 12.8. The van der Waals surface area contributed by atoms with Gasteiger partial charge in [0.25, 0.3) is 0 Å². The lowest BCUT2D eigenvalue weighted by atomic mass is 9.97. The van der Waals surface area contributed by atoms with Gasteiger partial charge in [-0.2, -0.15) is 0 Å². The Morgan fingerprint density at radius 1 is 0.346 bits per heavy atom. The minimum atomic E-state index is -0.983. The van der Waals surface area contributed by atoms with Gasteiger partial charge in [-0.05, 0) is 48.2 Å². The fraction of sp³-hybridized carbons (Fsp3) is 0.0833. The Labute approximate surface area is 309 Å². The van der Waals surface area contributed by atoms with E-state index in [1.807, 2.05) is 60.7 Å². The van der Waals surface area contributed by atoms with E-state index < -0.39 is 15.8 Å². The molecule has 0 aromatic heterocycles. The van der Waals surface area contributed by atoms with Crippen LogP contribution >= 0.6 is 15.8 Å². The fourth-order valence-electron chi connectivity index (χ4n) is 6.90. The predicted molar refractivity (Wildman–Crippen MR) is 221 cm³/mol. The van der Waals surface area contributed by atoms with E-state index in [1.54, 1.807) is 0 Å². The van der Waals surface area contributed by atoms with Gasteiger partial charge in [0.2, 0.25) is 0 Å². The zero-order chi connectivity index (χ0) is 35.5. The van der Waals surface area contributed by atoms with Crippen molar-refractivity contribution in [3.63, 3.8) is 0 Å². The maximum absolute atomic E-state index is 14.2. The molecule has 0 bridgehead atoms. The SMILES string of the molecule is O=C(C[C@H](c1cccc([C@@H](CC(=O)c2ccccc2)P(c2ccccc2)c2ccccc2)c1)P(c1ccccc1)c1ccccc1)c1ccccc1. The maximum atomic E-state index is 14.2. The lowest BCUT2D eigenvalue weighted by Crippen LogP contribution is -2.21. The van der Waals surface area contributed by atoms with Crippen LogP contribution in [-0.2, 0) is 0 Å². The van der Waals surface area contributed by atoms with Gasteiger partial charge in [-0.15, -0.1) is 0 Å². The van der Waals surface area contributed by atoms with E-state index in [0.29, 0.717) is 12.8 Å². The number of carbonyl (C=O) groups excluding carboxylic acids is 2. The Bertz CT molecular complexity index is 1940. The highest BCUT2D eigenvalue weighted by Crippen LogP contribution is 2.55. The third kappa shape index (κ3) is 8.43. The van der Waals surface area contributed by atoms with E-state index in [-0.39, 0.29) is 22.9 Å². The number of hydrogen-bond acceptors (Lipinski definition) is 2. The highest BCUT2D eigenvalue weighted by Gasteiger charge is 2.32. The van der Waals surface area contributed by atoms with E-state index in [1.165, 1.54) is 21.2 Å². The molecule has 0 aliphatic carbocycles. The van der Waals surface area contributed by atoms with Crippen molar-refractivity contribution in [1.29, 1.82) is 0 Å². The highest BCUT2D eigenvalue weighted by molar-refractivity contribution is 7.73. The molecule has 0 saturated carbocycles. The summed E-state index contributed by atoms with van der Waals surface area (Å²) in [6, 6.07) is 70.7. The van der Waals surface area contributed by atoms with Gasteiger partial charge in [0.1, 0.15) is 0 Å². The molecular weight excluding hydrogens is 670 g/mol. The predicted octanol–water partition coefficient (Wildman–Crippen LogP) is 10.6. The van der Waals surface area contributed by atoms with Crippen LogP contribution in [0.2, 0.25) is 0 Å². The Balaban J connectivity index is 1.39. The first-order chi connectivity index (χ1) is 25.7. The molecule has 52 heavy (non-hydrogen) atoms. The van der Waals surface area contributed by atoms with Crippen molar-refractivity contribution in [2.45, 2.75) is 24.2 Å². The van der Waals surface area contributed by atoms with Crippen LogP contribution in [0.3, 0.4) is 0 Å². The summed E-state index contributed by atoms with van der Waals surface area (Å²) in [4.78, 5) is 28.3. The summed E-state index contributed by atoms with van der Waals surface area (Å²) >= 11 is 0. The molecule has 254 valence electrons. The highest BCUT2D eigenvalue weighted by atomic mass is 31.1. The number of benzene rings is 7. The van der Waals surface area contributed by atoms with E-state index in [4.69, 9.17) is 0 Å². The summed E-state index contributed by atoms with van der Waals surface area (Å²) in [6.07, 6.45) is 0.728. The van der Waals surface area contributed by atoms with Crippen LogP contribution in [0.1, 0.15) is 56.0 Å². The monoisotopic (exact) mass is 710 g/mol. The van der Waals surface area contributed by atoms with E-state index in [0.717, 1.165) is 22.3 Å². The largest absolute Gasteiger partial charge is 0.294 e. The van der Waals surface area contributed by atoms with Crippen molar-refractivity contribution in [2.75, 3.05) is 0 Å². The first-order valence-electron chi connectivity index (χ1n) is 17.7. The second-order valence-corrected chi connectivity index (χ2v) is 17.6. The summed E-state index contributed by atoms with van der Waals surface area (Å²) in [5.74, 6) is 0.254. The second kappa shape index (κ2) is 17.3. The van der Waals surface area contributed by atoms with Crippen molar-refractivity contribution >= 4 is 48.6 Å². The molecule has 4 heteroatoms. The van der Waals surface area contributed by atoms with Crippen LogP contribution in [0.4, 0.5) is 0 Å². The molecule has 0 amide bonds. The van der Waals surface area contributed by atoms with Crippen LogP contribution in [-0.4, -0.2) is 11.6 Å². The molecule has 7 aromatic rings. The topological polar surface area (TPSA) is 34.1 Å². The summed E-state index contributed by atoms with van der Waals surface area (Å²) in [6.45, 7) is 0. The van der Waals surface area contributed by atoms with Crippen molar-refractivity contribution in [3.05, 3.63) is 229 Å². The van der Waals surface area contributed by atoms with Gasteiger partial charge in [-0.25, -0.2) is 0 Å². The summed E-state index contributed by atoms with van der Waals surface area (Å²) in [5.41, 5.74) is 3.49. The van der Waals surface area contributed by atoms with Crippen molar-refractivity contribution < 1.29 is 9.59 Å². The van der Waals surface area contributed by atoms with E-state index >= 15 is 0 Å². The van der Waals surface area contributed by atoms with Crippen LogP contribution in [0, 0.1) is 0 Å². The first-order valence-corrected chi connectivity index (χ1v) is 20.5. The summed E-state index contributed by atoms with van der Waals surface area (Å²) in [5, 5.41) is 4.91. The first kappa shape index (κ1) is 35.2. The molecule has 2 atom stereocenters. The lowest BCUT2D eigenvalue weighted by Gasteiger charge is -2.32. The molecule has 0 radical (unpaired) electrons. The quantitative estimate of drug-likeness (QED) is 0.0832. The zero-order valence-corrected chi connectivity index (χ0v) is 30.7. The molecular formula is C48H40O2P2. The summed E-state index contributed by atoms with van der Waals surface area (Å²) < 4.78 is 0. The number of hydrogen-bond donors (Lipinski definition) is 0. The number of Topliss-reactive ketones (excluding diaryl/α,β-unsaturated/α-hetero) is 2. The van der Waals surface area contributed by atoms with Crippen molar-refractivity contribution in [3.8, 4) is 0 Å². The smallest absolute Gasteiger partial charge is 0.163 e. The van der Waals surface area contributed by atoms with Crippen molar-refractivity contribution in [1.82, 2.24) is 0 Å². The van der Waals surface area contributed by atoms with Gasteiger partial charge in [-0.1, -0.05) is 206 Å². The average molecular weight is 711 g/mol. The van der Waals surface area contributed by atoms with Crippen molar-refractivity contribution in [2.24, 2.45) is 0 Å². The number of carbonyl (C=O) groups is 2. The Hall–Kier alpha value is -5.26. The molecule has 7 rings (SSSR count). The van der Waals surface area contributed by atoms with Crippen LogP contribution in [0.5, 0.6) is 0 Å². The van der Waals surface area contributed by atoms with Gasteiger partial charge in [-0.3, -0.25) is 9.59 Å². The van der Waals surface area contributed by atoms with Gasteiger partial charge < -0.3 is 0 Å². The van der Waals surface area contributed by atoms with Gasteiger partial charge in [0.05, 0.1) is 0 Å². The Morgan fingerprint density at radius 3 is 0.904 bits per heavy atom. The van der Waals surface area contributed by atoms with E-state index in [9.17, 15) is 9.59 Å². The van der Waals surface area contributed by atoms with Gasteiger partial charge in [0, 0.05) is 35.3 Å². The molecule has 0 aliphatic heterocycles. The molecule has 0 spiro atoms. The molecule has 2 nitrogen and oxygen atoms in total. The zero-order valence-electron chi connectivity index (χ0n) is 28.9. The molecule has 0 unspecified atom stereocenters. The van der Waals surface area contributed by atoms with Crippen LogP contribution in [0.25, 0.3) is 0 Å². The normalized spacial score (nSPS) is 12.3. The maximum Gasteiger partial charge on any atom is 0.163 e. The molecule has 0 heterocycles. The molecule has 0 aliphatic rings. The van der Waals surface area contributed by atoms with Crippen LogP contribution < -0.4 is 21.2 Å². The standard InChI is InChI=1S/C48H40O2P2/c49-45(37-20-7-1-8-21-37)35-47(51(41-26-11-3-12-27-41)42-28-13-4-14-29-42)39-24-19-25-40(34-39)48(36-46(50)38-22-9-2-10-23-38)52(43-30-15-5-16-31-43)44-32-17-6-18-33-44/h1-34,47-48H,35-36H2/t47-,48-/m1/s1. The summed E-state index contributed by atoms with van der Waals surface area (Å²) in [7, 11) is -1.97. The van der Waals surface area contributed by atoms with Crippen LogP contribution in [0.15, 0.2) is 206 Å². The number of ketones is 2. The average Bonchev–Trinajstić information content (AvgIpc) is 3.22. The van der Waals surface area contributed by atoms with E-state index in [2.05, 4.69) is 146 Å². The third-order valence-electron chi connectivity index (χ3n) is 9.39. The Kier molecular flexibility index (Phi) is 11.7. The minimum absolute atomic E-state index is 0.0994. The minimum Gasteiger partial charge on any atom is -0.294 e. The molecule has 7 aromatic carbocycles. The fourth-order valence-corrected chi connectivity index (χ4v) is 12.5. The molecule has 0 saturated heterocycles.